The Morgan fingerprint density at radius 3 is 2.52 bits per heavy atom. The summed E-state index contributed by atoms with van der Waals surface area (Å²) in [6, 6.07) is 2.24. The first-order valence-electron chi connectivity index (χ1n) is 7.10. The van der Waals surface area contributed by atoms with Crippen molar-refractivity contribution in [3.63, 3.8) is 0 Å². The van der Waals surface area contributed by atoms with Gasteiger partial charge in [-0.1, -0.05) is 23.2 Å². The third-order valence-corrected chi connectivity index (χ3v) is 4.51. The van der Waals surface area contributed by atoms with E-state index in [2.05, 4.69) is 28.9 Å². The number of hydrogen-bond donors (Lipinski definition) is 0. The van der Waals surface area contributed by atoms with Crippen molar-refractivity contribution in [2.45, 2.75) is 38.8 Å². The van der Waals surface area contributed by atoms with E-state index in [1.807, 2.05) is 7.05 Å². The van der Waals surface area contributed by atoms with Gasteiger partial charge in [0, 0.05) is 32.2 Å². The number of halogens is 2. The highest BCUT2D eigenvalue weighted by molar-refractivity contribution is 6.34. The zero-order chi connectivity index (χ0) is 15.6. The number of rotatable bonds is 3. The van der Waals surface area contributed by atoms with E-state index >= 15 is 0 Å². The van der Waals surface area contributed by atoms with Crippen LogP contribution >= 0.6 is 23.2 Å². The van der Waals surface area contributed by atoms with Gasteiger partial charge in [0.15, 0.2) is 10.3 Å². The zero-order valence-corrected chi connectivity index (χ0v) is 14.0. The van der Waals surface area contributed by atoms with Gasteiger partial charge in [0.05, 0.1) is 5.56 Å². The van der Waals surface area contributed by atoms with Gasteiger partial charge in [-0.3, -0.25) is 4.79 Å². The summed E-state index contributed by atoms with van der Waals surface area (Å²) in [4.78, 5) is 16.7. The quantitative estimate of drug-likeness (QED) is 0.855. The minimum Gasteiger partial charge on any atom is -0.339 e. The lowest BCUT2D eigenvalue weighted by atomic mass is 10.0. The van der Waals surface area contributed by atoms with Gasteiger partial charge in [-0.05, 0) is 32.8 Å². The fourth-order valence-corrected chi connectivity index (χ4v) is 2.97. The van der Waals surface area contributed by atoms with Crippen LogP contribution in [0.4, 0.5) is 0 Å². The van der Waals surface area contributed by atoms with Crippen molar-refractivity contribution in [1.82, 2.24) is 20.0 Å². The lowest BCUT2D eigenvalue weighted by molar-refractivity contribution is 0.0615. The molecule has 0 radical (unpaired) electrons. The summed E-state index contributed by atoms with van der Waals surface area (Å²) in [7, 11) is 1.81. The minimum atomic E-state index is -0.153. The van der Waals surface area contributed by atoms with Crippen LogP contribution in [0.3, 0.4) is 0 Å². The molecule has 2 rings (SSSR count). The number of carbonyl (C=O) groups excluding carboxylic acids is 1. The van der Waals surface area contributed by atoms with Gasteiger partial charge in [-0.2, -0.15) is 0 Å². The number of likely N-dealkylation sites (tertiary alicyclic amines) is 1. The fourth-order valence-electron chi connectivity index (χ4n) is 2.65. The topological polar surface area (TPSA) is 49.3 Å². The minimum absolute atomic E-state index is 0.0934. The van der Waals surface area contributed by atoms with E-state index in [9.17, 15) is 4.79 Å². The van der Waals surface area contributed by atoms with Crippen molar-refractivity contribution in [1.29, 1.82) is 0 Å². The van der Waals surface area contributed by atoms with Gasteiger partial charge in [-0.15, -0.1) is 10.2 Å². The molecule has 1 saturated heterocycles. The van der Waals surface area contributed by atoms with Crippen molar-refractivity contribution >= 4 is 29.1 Å². The zero-order valence-electron chi connectivity index (χ0n) is 12.5. The second-order valence-corrected chi connectivity index (χ2v) is 6.39. The Bertz CT molecular complexity index is 516. The molecule has 0 aliphatic carbocycles. The molecule has 7 heteroatoms. The molecule has 1 fully saturated rings. The maximum atomic E-state index is 12.5. The Balaban J connectivity index is 2.05. The van der Waals surface area contributed by atoms with Gasteiger partial charge in [0.1, 0.15) is 0 Å². The molecule has 116 valence electrons. The van der Waals surface area contributed by atoms with Crippen LogP contribution in [0.1, 0.15) is 37.0 Å². The van der Waals surface area contributed by atoms with E-state index in [1.165, 1.54) is 6.07 Å². The summed E-state index contributed by atoms with van der Waals surface area (Å²) < 4.78 is 0. The van der Waals surface area contributed by atoms with Crippen LogP contribution in [0.5, 0.6) is 0 Å². The number of aromatic nitrogens is 2. The molecule has 1 aliphatic heterocycles. The number of piperidine rings is 1. The molecular weight excluding hydrogens is 311 g/mol. The van der Waals surface area contributed by atoms with Gasteiger partial charge in [-0.25, -0.2) is 0 Å². The van der Waals surface area contributed by atoms with Gasteiger partial charge in [0.2, 0.25) is 0 Å². The average Bonchev–Trinajstić information content (AvgIpc) is 2.48. The number of amides is 1. The molecule has 1 aliphatic rings. The summed E-state index contributed by atoms with van der Waals surface area (Å²) in [5, 5.41) is 7.58. The Morgan fingerprint density at radius 1 is 1.33 bits per heavy atom. The highest BCUT2D eigenvalue weighted by Gasteiger charge is 2.28. The van der Waals surface area contributed by atoms with Gasteiger partial charge >= 0.3 is 0 Å². The predicted octanol–water partition coefficient (Wildman–Crippen LogP) is 2.73. The van der Waals surface area contributed by atoms with Crippen LogP contribution in [0.25, 0.3) is 0 Å². The highest BCUT2D eigenvalue weighted by atomic mass is 35.5. The summed E-state index contributed by atoms with van der Waals surface area (Å²) >= 11 is 11.7. The number of nitrogens with zero attached hydrogens (tertiary/aromatic N) is 4. The molecule has 1 amide bonds. The molecule has 0 spiro atoms. The third kappa shape index (κ3) is 3.84. The predicted molar refractivity (Wildman–Crippen MR) is 83.9 cm³/mol. The summed E-state index contributed by atoms with van der Waals surface area (Å²) in [6.45, 7) is 6.39. The second kappa shape index (κ2) is 6.90. The molecule has 0 unspecified atom stereocenters. The van der Waals surface area contributed by atoms with Gasteiger partial charge in [0.25, 0.3) is 5.91 Å². The summed E-state index contributed by atoms with van der Waals surface area (Å²) in [6.07, 6.45) is 1.93. The van der Waals surface area contributed by atoms with Crippen molar-refractivity contribution < 1.29 is 4.79 Å². The largest absolute Gasteiger partial charge is 0.339 e. The smallest absolute Gasteiger partial charge is 0.257 e. The van der Waals surface area contributed by atoms with Crippen LogP contribution in [0, 0.1) is 0 Å². The molecule has 21 heavy (non-hydrogen) atoms. The Labute approximate surface area is 135 Å². The van der Waals surface area contributed by atoms with E-state index in [0.717, 1.165) is 25.9 Å². The third-order valence-electron chi connectivity index (χ3n) is 4.05. The molecule has 0 aromatic carbocycles. The first kappa shape index (κ1) is 16.5. The molecule has 0 atom stereocenters. The van der Waals surface area contributed by atoms with Crippen molar-refractivity contribution in [2.24, 2.45) is 0 Å². The highest BCUT2D eigenvalue weighted by Crippen LogP contribution is 2.22. The molecule has 5 nitrogen and oxygen atoms in total. The van der Waals surface area contributed by atoms with Crippen LogP contribution in [-0.2, 0) is 0 Å². The first-order chi connectivity index (χ1) is 9.90. The van der Waals surface area contributed by atoms with Gasteiger partial charge < -0.3 is 9.80 Å². The van der Waals surface area contributed by atoms with E-state index in [-0.39, 0.29) is 22.3 Å². The number of carbonyl (C=O) groups is 1. The molecule has 0 N–H and O–H groups in total. The first-order valence-corrected chi connectivity index (χ1v) is 7.85. The normalized spacial score (nSPS) is 17.2. The lowest BCUT2D eigenvalue weighted by Gasteiger charge is -2.38. The molecular formula is C14H20Cl2N4O. The van der Waals surface area contributed by atoms with E-state index in [1.54, 1.807) is 4.90 Å². The lowest BCUT2D eigenvalue weighted by Crippen LogP contribution is -2.47. The molecule has 2 heterocycles. The van der Waals surface area contributed by atoms with E-state index in [0.29, 0.717) is 11.6 Å². The molecule has 0 saturated carbocycles. The van der Waals surface area contributed by atoms with Crippen LogP contribution in [0.15, 0.2) is 6.07 Å². The average molecular weight is 331 g/mol. The van der Waals surface area contributed by atoms with Crippen LogP contribution in [0.2, 0.25) is 10.3 Å². The standard InChI is InChI=1S/C14H20Cl2N4O/c1-9(2)20-6-4-10(5-7-20)19(3)14(21)11-8-12(15)17-18-13(11)16/h8-10H,4-7H2,1-3H3. The Kier molecular flexibility index (Phi) is 5.41. The number of hydrogen-bond acceptors (Lipinski definition) is 4. The second-order valence-electron chi connectivity index (χ2n) is 5.65. The monoisotopic (exact) mass is 330 g/mol. The van der Waals surface area contributed by atoms with Crippen LogP contribution in [-0.4, -0.2) is 58.1 Å². The van der Waals surface area contributed by atoms with Crippen molar-refractivity contribution in [3.8, 4) is 0 Å². The summed E-state index contributed by atoms with van der Waals surface area (Å²) in [5.41, 5.74) is 0.311. The van der Waals surface area contributed by atoms with Crippen LogP contribution < -0.4 is 0 Å². The molecule has 1 aromatic rings. The maximum Gasteiger partial charge on any atom is 0.257 e. The van der Waals surface area contributed by atoms with Crippen molar-refractivity contribution in [3.05, 3.63) is 21.9 Å². The van der Waals surface area contributed by atoms with E-state index in [4.69, 9.17) is 23.2 Å². The Morgan fingerprint density at radius 2 is 1.95 bits per heavy atom. The fraction of sp³-hybridized carbons (Fsp3) is 0.643. The SMILES string of the molecule is CC(C)N1CCC(N(C)C(=O)c2cc(Cl)nnc2Cl)CC1. The van der Waals surface area contributed by atoms with E-state index < -0.39 is 0 Å². The van der Waals surface area contributed by atoms with Crippen molar-refractivity contribution in [2.75, 3.05) is 20.1 Å². The summed E-state index contributed by atoms with van der Waals surface area (Å²) in [5.74, 6) is -0.153. The molecule has 0 bridgehead atoms. The maximum absolute atomic E-state index is 12.5. The molecule has 1 aromatic heterocycles. The Hall–Kier alpha value is -0.910.